The first kappa shape index (κ1) is 20.9. The summed E-state index contributed by atoms with van der Waals surface area (Å²) in [6, 6.07) is 6.61. The number of carbonyl (C=O) groups is 1. The number of aryl methyl sites for hydroxylation is 1. The number of halogens is 3. The van der Waals surface area contributed by atoms with E-state index >= 15 is 0 Å². The van der Waals surface area contributed by atoms with Gasteiger partial charge >= 0.3 is 6.18 Å². The predicted molar refractivity (Wildman–Crippen MR) is 96.2 cm³/mol. The first-order chi connectivity index (χ1) is 12.3. The molecule has 2 aromatic rings. The van der Waals surface area contributed by atoms with Gasteiger partial charge in [0, 0.05) is 25.3 Å². The minimum atomic E-state index is -4.49. The number of hydrogen-bond donors (Lipinski definition) is 1. The van der Waals surface area contributed by atoms with Crippen molar-refractivity contribution in [3.05, 3.63) is 58.7 Å². The molecule has 0 unspecified atom stereocenters. The molecule has 0 heterocycles. The Balaban J connectivity index is 2.36. The van der Waals surface area contributed by atoms with E-state index in [4.69, 9.17) is 0 Å². The largest absolute Gasteiger partial charge is 0.416 e. The quantitative estimate of drug-likeness (QED) is 0.848. The van der Waals surface area contributed by atoms with Crippen molar-refractivity contribution < 1.29 is 26.4 Å². The molecule has 0 atom stereocenters. The van der Waals surface area contributed by atoms with Crippen LogP contribution >= 0.6 is 0 Å². The number of amides is 1. The fraction of sp³-hybridized carbons (Fsp3) is 0.278. The van der Waals surface area contributed by atoms with Crippen LogP contribution < -0.4 is 5.32 Å². The summed E-state index contributed by atoms with van der Waals surface area (Å²) in [5, 5.41) is 2.57. The van der Waals surface area contributed by atoms with Crippen molar-refractivity contribution in [2.45, 2.75) is 24.9 Å². The minimum absolute atomic E-state index is 0.0123. The second kappa shape index (κ2) is 7.32. The van der Waals surface area contributed by atoms with Crippen molar-refractivity contribution in [1.29, 1.82) is 0 Å². The van der Waals surface area contributed by atoms with Crippen molar-refractivity contribution in [2.75, 3.05) is 19.4 Å². The second-order valence-electron chi connectivity index (χ2n) is 6.23. The fourth-order valence-corrected chi connectivity index (χ4v) is 3.34. The van der Waals surface area contributed by atoms with E-state index < -0.39 is 27.7 Å². The molecule has 0 aromatic heterocycles. The number of benzene rings is 2. The van der Waals surface area contributed by atoms with Crippen LogP contribution in [0.4, 0.5) is 18.9 Å². The third-order valence-corrected chi connectivity index (χ3v) is 5.93. The highest BCUT2D eigenvalue weighted by molar-refractivity contribution is 7.89. The first-order valence-electron chi connectivity index (χ1n) is 7.86. The third-order valence-electron chi connectivity index (χ3n) is 4.14. The number of rotatable bonds is 4. The van der Waals surface area contributed by atoms with E-state index in [9.17, 15) is 26.4 Å². The van der Waals surface area contributed by atoms with Gasteiger partial charge in [0.15, 0.2) is 0 Å². The van der Waals surface area contributed by atoms with Gasteiger partial charge in [-0.25, -0.2) is 12.7 Å². The molecule has 27 heavy (non-hydrogen) atoms. The lowest BCUT2D eigenvalue weighted by Gasteiger charge is -2.16. The van der Waals surface area contributed by atoms with Gasteiger partial charge in [-0.05, 0) is 61.4 Å². The normalized spacial score (nSPS) is 12.3. The third kappa shape index (κ3) is 4.48. The van der Waals surface area contributed by atoms with Gasteiger partial charge in [0.2, 0.25) is 10.0 Å². The monoisotopic (exact) mass is 400 g/mol. The summed E-state index contributed by atoms with van der Waals surface area (Å²) >= 11 is 0. The van der Waals surface area contributed by atoms with Gasteiger partial charge in [-0.1, -0.05) is 0 Å². The first-order valence-corrected chi connectivity index (χ1v) is 9.30. The number of nitrogens with one attached hydrogen (secondary N) is 1. The highest BCUT2D eigenvalue weighted by Crippen LogP contribution is 2.30. The van der Waals surface area contributed by atoms with Crippen LogP contribution in [0.25, 0.3) is 0 Å². The average Bonchev–Trinajstić information content (AvgIpc) is 2.57. The molecule has 9 heteroatoms. The van der Waals surface area contributed by atoms with E-state index in [1.54, 1.807) is 13.8 Å². The van der Waals surface area contributed by atoms with E-state index in [0.29, 0.717) is 11.1 Å². The van der Waals surface area contributed by atoms with Gasteiger partial charge in [0.25, 0.3) is 5.91 Å². The Bertz CT molecular complexity index is 967. The van der Waals surface area contributed by atoms with Gasteiger partial charge in [0.1, 0.15) is 0 Å². The molecule has 0 saturated heterocycles. The summed E-state index contributed by atoms with van der Waals surface area (Å²) in [5.41, 5.74) is 0.764. The molecular formula is C18H19F3N2O3S. The maximum absolute atomic E-state index is 12.6. The van der Waals surface area contributed by atoms with Crippen LogP contribution in [0, 0.1) is 13.8 Å². The molecule has 0 aliphatic heterocycles. The second-order valence-corrected chi connectivity index (χ2v) is 8.38. The number of hydrogen-bond acceptors (Lipinski definition) is 3. The molecule has 0 saturated carbocycles. The number of anilines is 1. The van der Waals surface area contributed by atoms with Crippen molar-refractivity contribution in [1.82, 2.24) is 4.31 Å². The molecule has 0 radical (unpaired) electrons. The molecule has 2 aromatic carbocycles. The Morgan fingerprint density at radius 2 is 1.59 bits per heavy atom. The molecule has 1 amide bonds. The standard InChI is InChI=1S/C18H19F3N2O3S/c1-11-9-15(27(25,26)23(3)4)10-16(12(11)2)22-17(24)13-5-7-14(8-6-13)18(19,20)21/h5-10H,1-4H3,(H,22,24). The summed E-state index contributed by atoms with van der Waals surface area (Å²) in [6.45, 7) is 3.42. The van der Waals surface area contributed by atoms with Crippen LogP contribution in [0.5, 0.6) is 0 Å². The van der Waals surface area contributed by atoms with Crippen molar-refractivity contribution >= 4 is 21.6 Å². The molecule has 2 rings (SSSR count). The Morgan fingerprint density at radius 1 is 1.04 bits per heavy atom. The number of alkyl halides is 3. The van der Waals surface area contributed by atoms with E-state index in [0.717, 1.165) is 28.6 Å². The van der Waals surface area contributed by atoms with Crippen LogP contribution in [-0.2, 0) is 16.2 Å². The van der Waals surface area contributed by atoms with Crippen molar-refractivity contribution in [2.24, 2.45) is 0 Å². The predicted octanol–water partition coefficient (Wildman–Crippen LogP) is 3.82. The summed E-state index contributed by atoms with van der Waals surface area (Å²) in [7, 11) is -0.916. The van der Waals surface area contributed by atoms with Crippen molar-refractivity contribution in [3.63, 3.8) is 0 Å². The molecular weight excluding hydrogens is 381 g/mol. The van der Waals surface area contributed by atoms with E-state index in [1.807, 2.05) is 0 Å². The Kier molecular flexibility index (Phi) is 5.67. The van der Waals surface area contributed by atoms with Crippen LogP contribution in [-0.4, -0.2) is 32.7 Å². The Labute approximate surface area is 155 Å². The maximum atomic E-state index is 12.6. The number of carbonyl (C=O) groups excluding carboxylic acids is 1. The number of nitrogens with zero attached hydrogens (tertiary/aromatic N) is 1. The molecule has 0 aliphatic carbocycles. The summed E-state index contributed by atoms with van der Waals surface area (Å²) in [4.78, 5) is 12.4. The zero-order chi connectivity index (χ0) is 20.6. The molecule has 5 nitrogen and oxygen atoms in total. The van der Waals surface area contributed by atoms with Gasteiger partial charge in [-0.15, -0.1) is 0 Å². The molecule has 1 N–H and O–H groups in total. The van der Waals surface area contributed by atoms with Crippen LogP contribution in [0.3, 0.4) is 0 Å². The topological polar surface area (TPSA) is 66.5 Å². The van der Waals surface area contributed by atoms with Gasteiger partial charge in [-0.3, -0.25) is 4.79 Å². The fourth-order valence-electron chi connectivity index (χ4n) is 2.32. The van der Waals surface area contributed by atoms with Crippen LogP contribution in [0.2, 0.25) is 0 Å². The lowest BCUT2D eigenvalue weighted by Crippen LogP contribution is -2.23. The van der Waals surface area contributed by atoms with Gasteiger partial charge in [-0.2, -0.15) is 13.2 Å². The zero-order valence-electron chi connectivity index (χ0n) is 15.2. The number of sulfonamides is 1. The summed E-state index contributed by atoms with van der Waals surface area (Å²) in [5.74, 6) is -0.634. The van der Waals surface area contributed by atoms with E-state index in [2.05, 4.69) is 5.32 Å². The summed E-state index contributed by atoms with van der Waals surface area (Å²) in [6.07, 6.45) is -4.49. The van der Waals surface area contributed by atoms with Gasteiger partial charge < -0.3 is 5.32 Å². The molecule has 0 fully saturated rings. The lowest BCUT2D eigenvalue weighted by atomic mass is 10.1. The Hall–Kier alpha value is -2.39. The van der Waals surface area contributed by atoms with Crippen LogP contribution in [0.1, 0.15) is 27.0 Å². The highest BCUT2D eigenvalue weighted by atomic mass is 32.2. The average molecular weight is 400 g/mol. The minimum Gasteiger partial charge on any atom is -0.322 e. The van der Waals surface area contributed by atoms with Crippen molar-refractivity contribution in [3.8, 4) is 0 Å². The smallest absolute Gasteiger partial charge is 0.322 e. The van der Waals surface area contributed by atoms with Crippen LogP contribution in [0.15, 0.2) is 41.3 Å². The van der Waals surface area contributed by atoms with E-state index in [-0.39, 0.29) is 16.1 Å². The molecule has 0 bridgehead atoms. The Morgan fingerprint density at radius 3 is 2.07 bits per heavy atom. The van der Waals surface area contributed by atoms with E-state index in [1.165, 1.54) is 26.2 Å². The lowest BCUT2D eigenvalue weighted by molar-refractivity contribution is -0.137. The SMILES string of the molecule is Cc1cc(S(=O)(=O)N(C)C)cc(NC(=O)c2ccc(C(F)(F)F)cc2)c1C. The summed E-state index contributed by atoms with van der Waals surface area (Å²) < 4.78 is 63.6. The maximum Gasteiger partial charge on any atom is 0.416 e. The van der Waals surface area contributed by atoms with Gasteiger partial charge in [0.05, 0.1) is 10.5 Å². The molecule has 0 aliphatic rings. The zero-order valence-corrected chi connectivity index (χ0v) is 16.0. The molecule has 0 spiro atoms. The highest BCUT2D eigenvalue weighted by Gasteiger charge is 2.30. The molecule has 146 valence electrons.